The maximum Gasteiger partial charge on any atom is 0.227 e. The number of fused-ring (bicyclic) bond motifs is 1. The van der Waals surface area contributed by atoms with Crippen molar-refractivity contribution in [3.8, 4) is 0 Å². The highest BCUT2D eigenvalue weighted by molar-refractivity contribution is 6.30. The van der Waals surface area contributed by atoms with E-state index >= 15 is 0 Å². The number of aromatic nitrogens is 3. The third-order valence-electron chi connectivity index (χ3n) is 4.52. The Bertz CT molecular complexity index is 741. The zero-order chi connectivity index (χ0) is 16.7. The fourth-order valence-corrected chi connectivity index (χ4v) is 3.33. The van der Waals surface area contributed by atoms with Crippen molar-refractivity contribution >= 4 is 17.5 Å². The lowest BCUT2D eigenvalue weighted by atomic mass is 10.1. The molecule has 1 fully saturated rings. The van der Waals surface area contributed by atoms with Gasteiger partial charge in [0.1, 0.15) is 11.6 Å². The molecule has 1 aromatic carbocycles. The van der Waals surface area contributed by atoms with Crippen molar-refractivity contribution in [2.24, 2.45) is 0 Å². The number of rotatable bonds is 3. The van der Waals surface area contributed by atoms with Gasteiger partial charge in [-0.05, 0) is 36.6 Å². The summed E-state index contributed by atoms with van der Waals surface area (Å²) < 4.78 is 15.3. The van der Waals surface area contributed by atoms with E-state index in [2.05, 4.69) is 10.1 Å². The molecule has 5 nitrogen and oxygen atoms in total. The first kappa shape index (κ1) is 15.6. The third kappa shape index (κ3) is 3.29. The zero-order valence-corrected chi connectivity index (χ0v) is 14.0. The fourth-order valence-electron chi connectivity index (χ4n) is 3.08. The van der Waals surface area contributed by atoms with Crippen molar-refractivity contribution < 1.29 is 9.18 Å². The Labute approximate surface area is 144 Å². The molecular weight excluding hydrogens is 331 g/mol. The lowest BCUT2D eigenvalue weighted by molar-refractivity contribution is -0.130. The molecule has 0 radical (unpaired) electrons. The summed E-state index contributed by atoms with van der Waals surface area (Å²) in [5, 5.41) is 4.89. The molecule has 1 aromatic heterocycles. The number of benzene rings is 1. The Balaban J connectivity index is 1.41. The van der Waals surface area contributed by atoms with Crippen LogP contribution in [0.5, 0.6) is 0 Å². The molecular formula is C17H18ClFN4O. The summed E-state index contributed by atoms with van der Waals surface area (Å²) in [4.78, 5) is 18.9. The number of carbonyl (C=O) groups is 1. The molecule has 1 amide bonds. The lowest BCUT2D eigenvalue weighted by Gasteiger charge is -2.20. The van der Waals surface area contributed by atoms with Crippen LogP contribution in [0.4, 0.5) is 4.39 Å². The molecule has 1 aliphatic carbocycles. The van der Waals surface area contributed by atoms with Crippen LogP contribution in [0.15, 0.2) is 18.2 Å². The molecule has 1 saturated carbocycles. The van der Waals surface area contributed by atoms with E-state index in [-0.39, 0.29) is 12.3 Å². The van der Waals surface area contributed by atoms with Crippen LogP contribution in [0.2, 0.25) is 5.02 Å². The molecule has 0 spiro atoms. The SMILES string of the molecule is O=C(Cc1cc(F)cc(Cl)c1)N1CCc2nc(C3CC3)nn2CC1. The minimum absolute atomic E-state index is 0.0233. The highest BCUT2D eigenvalue weighted by atomic mass is 35.5. The maximum absolute atomic E-state index is 13.4. The maximum atomic E-state index is 13.4. The van der Waals surface area contributed by atoms with Crippen LogP contribution in [0, 0.1) is 5.82 Å². The van der Waals surface area contributed by atoms with Crippen LogP contribution in [-0.4, -0.2) is 38.7 Å². The molecule has 0 bridgehead atoms. The van der Waals surface area contributed by atoms with E-state index in [1.54, 1.807) is 11.0 Å². The van der Waals surface area contributed by atoms with E-state index in [1.165, 1.54) is 25.0 Å². The number of carbonyl (C=O) groups excluding carboxylic acids is 1. The summed E-state index contributed by atoms with van der Waals surface area (Å²) in [7, 11) is 0. The molecule has 24 heavy (non-hydrogen) atoms. The Hall–Kier alpha value is -1.95. The van der Waals surface area contributed by atoms with Gasteiger partial charge in [-0.15, -0.1) is 0 Å². The van der Waals surface area contributed by atoms with Crippen LogP contribution in [0.25, 0.3) is 0 Å². The van der Waals surface area contributed by atoms with Gasteiger partial charge in [0, 0.05) is 30.5 Å². The van der Waals surface area contributed by atoms with Gasteiger partial charge < -0.3 is 4.90 Å². The zero-order valence-electron chi connectivity index (χ0n) is 13.2. The van der Waals surface area contributed by atoms with Crippen LogP contribution in [-0.2, 0) is 24.2 Å². The van der Waals surface area contributed by atoms with E-state index in [4.69, 9.17) is 11.6 Å². The predicted octanol–water partition coefficient (Wildman–Crippen LogP) is 2.58. The van der Waals surface area contributed by atoms with Crippen LogP contribution < -0.4 is 0 Å². The van der Waals surface area contributed by atoms with Crippen LogP contribution >= 0.6 is 11.6 Å². The Morgan fingerprint density at radius 1 is 1.25 bits per heavy atom. The van der Waals surface area contributed by atoms with Gasteiger partial charge in [0.25, 0.3) is 0 Å². The van der Waals surface area contributed by atoms with Crippen molar-refractivity contribution in [3.63, 3.8) is 0 Å². The summed E-state index contributed by atoms with van der Waals surface area (Å²) in [5.74, 6) is 2.02. The van der Waals surface area contributed by atoms with Gasteiger partial charge in [0.2, 0.25) is 5.91 Å². The first-order chi connectivity index (χ1) is 11.6. The van der Waals surface area contributed by atoms with E-state index in [0.717, 1.165) is 11.6 Å². The summed E-state index contributed by atoms with van der Waals surface area (Å²) in [5.41, 5.74) is 0.598. The number of hydrogen-bond donors (Lipinski definition) is 0. The fraction of sp³-hybridized carbons (Fsp3) is 0.471. The van der Waals surface area contributed by atoms with E-state index in [9.17, 15) is 9.18 Å². The number of amides is 1. The largest absolute Gasteiger partial charge is 0.340 e. The number of hydrogen-bond acceptors (Lipinski definition) is 3. The Kier molecular flexibility index (Phi) is 4.00. The summed E-state index contributed by atoms with van der Waals surface area (Å²) in [6, 6.07) is 4.23. The summed E-state index contributed by atoms with van der Waals surface area (Å²) in [6.07, 6.45) is 3.23. The molecule has 126 valence electrons. The smallest absolute Gasteiger partial charge is 0.227 e. The third-order valence-corrected chi connectivity index (χ3v) is 4.74. The monoisotopic (exact) mass is 348 g/mol. The lowest BCUT2D eigenvalue weighted by Crippen LogP contribution is -2.34. The van der Waals surface area contributed by atoms with Crippen molar-refractivity contribution in [1.29, 1.82) is 0 Å². The van der Waals surface area contributed by atoms with E-state index in [0.29, 0.717) is 42.6 Å². The molecule has 0 N–H and O–H groups in total. The first-order valence-corrected chi connectivity index (χ1v) is 8.62. The van der Waals surface area contributed by atoms with Crippen LogP contribution in [0.3, 0.4) is 0 Å². The molecule has 0 atom stereocenters. The average Bonchev–Trinajstić information content (AvgIpc) is 3.31. The minimum atomic E-state index is -0.418. The molecule has 1 aliphatic heterocycles. The second-order valence-corrected chi connectivity index (χ2v) is 6.91. The molecule has 2 aromatic rings. The van der Waals surface area contributed by atoms with Gasteiger partial charge in [-0.1, -0.05) is 11.6 Å². The van der Waals surface area contributed by atoms with E-state index in [1.807, 2.05) is 4.68 Å². The first-order valence-electron chi connectivity index (χ1n) is 8.25. The predicted molar refractivity (Wildman–Crippen MR) is 87.4 cm³/mol. The van der Waals surface area contributed by atoms with Crippen molar-refractivity contribution in [1.82, 2.24) is 19.7 Å². The van der Waals surface area contributed by atoms with Crippen LogP contribution in [0.1, 0.15) is 36.0 Å². The van der Waals surface area contributed by atoms with E-state index < -0.39 is 5.82 Å². The second kappa shape index (κ2) is 6.16. The molecule has 0 unspecified atom stereocenters. The minimum Gasteiger partial charge on any atom is -0.340 e. The Morgan fingerprint density at radius 3 is 2.83 bits per heavy atom. The summed E-state index contributed by atoms with van der Waals surface area (Å²) >= 11 is 5.85. The molecule has 0 saturated heterocycles. The standard InChI is InChI=1S/C17H18ClFN4O/c18-13-7-11(8-14(19)10-13)9-16(24)22-4-3-15-20-17(12-1-2-12)21-23(15)6-5-22/h7-8,10,12H,1-6,9H2. The highest BCUT2D eigenvalue weighted by Gasteiger charge is 2.30. The Morgan fingerprint density at radius 2 is 2.08 bits per heavy atom. The normalized spacial score (nSPS) is 17.5. The topological polar surface area (TPSA) is 51.0 Å². The molecule has 4 rings (SSSR count). The summed E-state index contributed by atoms with van der Waals surface area (Å²) in [6.45, 7) is 1.87. The van der Waals surface area contributed by atoms with Gasteiger partial charge in [-0.3, -0.25) is 4.79 Å². The van der Waals surface area contributed by atoms with Gasteiger partial charge >= 0.3 is 0 Å². The van der Waals surface area contributed by atoms with Gasteiger partial charge in [0.05, 0.1) is 13.0 Å². The van der Waals surface area contributed by atoms with Gasteiger partial charge in [-0.25, -0.2) is 14.1 Å². The highest BCUT2D eigenvalue weighted by Crippen LogP contribution is 2.38. The van der Waals surface area contributed by atoms with Crippen molar-refractivity contribution in [2.45, 2.75) is 38.1 Å². The molecule has 7 heteroatoms. The molecule has 2 aliphatic rings. The quantitative estimate of drug-likeness (QED) is 0.856. The van der Waals surface area contributed by atoms with Crippen molar-refractivity contribution in [2.75, 3.05) is 13.1 Å². The second-order valence-electron chi connectivity index (χ2n) is 6.47. The number of nitrogens with zero attached hydrogens (tertiary/aromatic N) is 4. The molecule has 2 heterocycles. The van der Waals surface area contributed by atoms with Gasteiger partial charge in [-0.2, -0.15) is 5.10 Å². The van der Waals surface area contributed by atoms with Crippen molar-refractivity contribution in [3.05, 3.63) is 46.3 Å². The van der Waals surface area contributed by atoms with Gasteiger partial charge in [0.15, 0.2) is 5.82 Å². The number of halogens is 2. The average molecular weight is 349 g/mol.